The number of hydrogen-bond acceptors (Lipinski definition) is 2. The molecule has 1 N–H and O–H groups in total. The van der Waals surface area contributed by atoms with E-state index in [1.54, 1.807) is 4.90 Å². The third-order valence-corrected chi connectivity index (χ3v) is 3.79. The lowest BCUT2D eigenvalue weighted by Crippen LogP contribution is -2.66. The monoisotopic (exact) mass is 224 g/mol. The van der Waals surface area contributed by atoms with Crippen LogP contribution in [0.1, 0.15) is 40.5 Å². The third kappa shape index (κ3) is 1.60. The molecular formula is C12H20N2O2. The van der Waals surface area contributed by atoms with Crippen molar-refractivity contribution in [3.05, 3.63) is 0 Å². The first-order valence-electron chi connectivity index (χ1n) is 6.00. The quantitative estimate of drug-likeness (QED) is 0.758. The average molecular weight is 224 g/mol. The number of nitrogens with zero attached hydrogens (tertiary/aromatic N) is 1. The van der Waals surface area contributed by atoms with E-state index >= 15 is 0 Å². The molecule has 4 nitrogen and oxygen atoms in total. The molecule has 2 atom stereocenters. The minimum absolute atomic E-state index is 0.0218. The Morgan fingerprint density at radius 1 is 1.38 bits per heavy atom. The van der Waals surface area contributed by atoms with Gasteiger partial charge in [-0.25, -0.2) is 0 Å². The standard InChI is InChI=1S/C12H20N2O2/c1-7(2)9-11(16)14(12(4)5-6-12)8(3)10(15)13-9/h7-9H,5-6H2,1-4H3,(H,13,15). The van der Waals surface area contributed by atoms with Gasteiger partial charge in [-0.15, -0.1) is 0 Å². The molecule has 2 fully saturated rings. The van der Waals surface area contributed by atoms with Gasteiger partial charge >= 0.3 is 0 Å². The highest BCUT2D eigenvalue weighted by Gasteiger charge is 2.53. The Labute approximate surface area is 96.4 Å². The SMILES string of the molecule is CC(C)C1NC(=O)C(C)N(C2(C)CC2)C1=O. The second kappa shape index (κ2) is 3.47. The summed E-state index contributed by atoms with van der Waals surface area (Å²) < 4.78 is 0. The minimum atomic E-state index is -0.346. The second-order valence-electron chi connectivity index (χ2n) is 5.61. The first-order chi connectivity index (χ1) is 7.37. The predicted octanol–water partition coefficient (Wildman–Crippen LogP) is 0.910. The Kier molecular flexibility index (Phi) is 2.48. The van der Waals surface area contributed by atoms with Gasteiger partial charge in [-0.1, -0.05) is 13.8 Å². The van der Waals surface area contributed by atoms with Crippen molar-refractivity contribution >= 4 is 11.8 Å². The van der Waals surface area contributed by atoms with E-state index in [1.807, 2.05) is 20.8 Å². The van der Waals surface area contributed by atoms with E-state index in [0.29, 0.717) is 0 Å². The van der Waals surface area contributed by atoms with Crippen LogP contribution in [0.3, 0.4) is 0 Å². The van der Waals surface area contributed by atoms with Crippen molar-refractivity contribution in [1.82, 2.24) is 10.2 Å². The molecule has 16 heavy (non-hydrogen) atoms. The van der Waals surface area contributed by atoms with Crippen molar-refractivity contribution in [2.75, 3.05) is 0 Å². The molecule has 2 amide bonds. The maximum atomic E-state index is 12.3. The van der Waals surface area contributed by atoms with E-state index in [2.05, 4.69) is 12.2 Å². The number of rotatable bonds is 2. The van der Waals surface area contributed by atoms with E-state index in [4.69, 9.17) is 0 Å². The van der Waals surface area contributed by atoms with Crippen LogP contribution in [0, 0.1) is 5.92 Å². The fourth-order valence-electron chi connectivity index (χ4n) is 2.40. The number of amides is 2. The molecule has 0 bridgehead atoms. The fraction of sp³-hybridized carbons (Fsp3) is 0.833. The van der Waals surface area contributed by atoms with Gasteiger partial charge in [0.1, 0.15) is 12.1 Å². The number of piperazine rings is 1. The van der Waals surface area contributed by atoms with Crippen molar-refractivity contribution in [3.8, 4) is 0 Å². The summed E-state index contributed by atoms with van der Waals surface area (Å²) in [7, 11) is 0. The molecular weight excluding hydrogens is 204 g/mol. The molecule has 0 radical (unpaired) electrons. The van der Waals surface area contributed by atoms with Crippen LogP contribution < -0.4 is 5.32 Å². The van der Waals surface area contributed by atoms with Crippen LogP contribution in [0.15, 0.2) is 0 Å². The summed E-state index contributed by atoms with van der Waals surface area (Å²) in [4.78, 5) is 26.0. The summed E-state index contributed by atoms with van der Waals surface area (Å²) in [5.41, 5.74) is -0.0681. The summed E-state index contributed by atoms with van der Waals surface area (Å²) in [5, 5.41) is 2.82. The van der Waals surface area contributed by atoms with Gasteiger partial charge < -0.3 is 10.2 Å². The summed E-state index contributed by atoms with van der Waals surface area (Å²) in [6.45, 7) is 7.81. The number of nitrogens with one attached hydrogen (secondary N) is 1. The highest BCUT2D eigenvalue weighted by molar-refractivity contribution is 5.97. The zero-order valence-corrected chi connectivity index (χ0v) is 10.4. The lowest BCUT2D eigenvalue weighted by atomic mass is 9.96. The molecule has 1 aliphatic carbocycles. The number of carbonyl (C=O) groups excluding carboxylic acids is 2. The molecule has 1 aliphatic heterocycles. The van der Waals surface area contributed by atoms with Gasteiger partial charge in [0.05, 0.1) is 0 Å². The molecule has 2 unspecified atom stereocenters. The average Bonchev–Trinajstić information content (AvgIpc) is 2.90. The predicted molar refractivity (Wildman–Crippen MR) is 60.7 cm³/mol. The molecule has 0 spiro atoms. The molecule has 4 heteroatoms. The van der Waals surface area contributed by atoms with Gasteiger partial charge in [-0.2, -0.15) is 0 Å². The molecule has 1 heterocycles. The molecule has 1 saturated heterocycles. The first-order valence-corrected chi connectivity index (χ1v) is 6.00. The van der Waals surface area contributed by atoms with Crippen LogP contribution in [0.25, 0.3) is 0 Å². The van der Waals surface area contributed by atoms with Crippen molar-refractivity contribution in [2.24, 2.45) is 5.92 Å². The summed E-state index contributed by atoms with van der Waals surface area (Å²) in [6, 6.07) is -0.670. The zero-order chi connectivity index (χ0) is 12.1. The van der Waals surface area contributed by atoms with Crippen LogP contribution in [-0.4, -0.2) is 34.3 Å². The number of hydrogen-bond donors (Lipinski definition) is 1. The molecule has 90 valence electrons. The Balaban J connectivity index is 2.27. The van der Waals surface area contributed by atoms with Gasteiger partial charge in [-0.05, 0) is 32.6 Å². The van der Waals surface area contributed by atoms with Gasteiger partial charge in [0.15, 0.2) is 0 Å². The topological polar surface area (TPSA) is 49.4 Å². The smallest absolute Gasteiger partial charge is 0.246 e. The van der Waals surface area contributed by atoms with Crippen LogP contribution >= 0.6 is 0 Å². The van der Waals surface area contributed by atoms with E-state index in [1.165, 1.54) is 0 Å². The van der Waals surface area contributed by atoms with Gasteiger partial charge in [0, 0.05) is 5.54 Å². The van der Waals surface area contributed by atoms with Crippen LogP contribution in [0.5, 0.6) is 0 Å². The van der Waals surface area contributed by atoms with Gasteiger partial charge in [0.2, 0.25) is 11.8 Å². The zero-order valence-electron chi connectivity index (χ0n) is 10.4. The lowest BCUT2D eigenvalue weighted by molar-refractivity contribution is -0.153. The first kappa shape index (κ1) is 11.4. The van der Waals surface area contributed by atoms with E-state index in [9.17, 15) is 9.59 Å². The highest BCUT2D eigenvalue weighted by Crippen LogP contribution is 2.43. The molecule has 2 aliphatic rings. The van der Waals surface area contributed by atoms with Gasteiger partial charge in [0.25, 0.3) is 0 Å². The molecule has 1 saturated carbocycles. The van der Waals surface area contributed by atoms with Crippen LogP contribution in [0.4, 0.5) is 0 Å². The van der Waals surface area contributed by atoms with E-state index in [0.717, 1.165) is 12.8 Å². The van der Waals surface area contributed by atoms with Crippen molar-refractivity contribution in [2.45, 2.75) is 58.2 Å². The maximum Gasteiger partial charge on any atom is 0.246 e. The third-order valence-electron chi connectivity index (χ3n) is 3.79. The molecule has 0 aromatic heterocycles. The van der Waals surface area contributed by atoms with E-state index in [-0.39, 0.29) is 35.4 Å². The Morgan fingerprint density at radius 3 is 2.38 bits per heavy atom. The fourth-order valence-corrected chi connectivity index (χ4v) is 2.40. The van der Waals surface area contributed by atoms with Crippen molar-refractivity contribution in [3.63, 3.8) is 0 Å². The Hall–Kier alpha value is -1.06. The highest BCUT2D eigenvalue weighted by atomic mass is 16.2. The maximum absolute atomic E-state index is 12.3. The molecule has 0 aromatic rings. The van der Waals surface area contributed by atoms with Crippen molar-refractivity contribution < 1.29 is 9.59 Å². The van der Waals surface area contributed by atoms with Crippen LogP contribution in [-0.2, 0) is 9.59 Å². The molecule has 0 aromatic carbocycles. The van der Waals surface area contributed by atoms with E-state index < -0.39 is 0 Å². The summed E-state index contributed by atoms with van der Waals surface area (Å²) in [5.74, 6) is 0.210. The largest absolute Gasteiger partial charge is 0.342 e. The van der Waals surface area contributed by atoms with Crippen LogP contribution in [0.2, 0.25) is 0 Å². The number of carbonyl (C=O) groups is 2. The Morgan fingerprint density at radius 2 is 1.94 bits per heavy atom. The normalized spacial score (nSPS) is 32.9. The van der Waals surface area contributed by atoms with Crippen molar-refractivity contribution in [1.29, 1.82) is 0 Å². The second-order valence-corrected chi connectivity index (χ2v) is 5.61. The Bertz CT molecular complexity index is 334. The molecule has 2 rings (SSSR count). The summed E-state index contributed by atoms with van der Waals surface area (Å²) in [6.07, 6.45) is 2.03. The minimum Gasteiger partial charge on any atom is -0.342 e. The lowest BCUT2D eigenvalue weighted by Gasteiger charge is -2.42. The summed E-state index contributed by atoms with van der Waals surface area (Å²) >= 11 is 0. The van der Waals surface area contributed by atoms with Gasteiger partial charge in [-0.3, -0.25) is 9.59 Å².